The molecule has 0 spiro atoms. The summed E-state index contributed by atoms with van der Waals surface area (Å²) < 4.78 is 0. The summed E-state index contributed by atoms with van der Waals surface area (Å²) in [5.74, 6) is 0.662. The zero-order valence-corrected chi connectivity index (χ0v) is 12.5. The Bertz CT molecular complexity index is 339. The van der Waals surface area contributed by atoms with Crippen LogP contribution in [-0.4, -0.2) is 13.1 Å². The minimum Gasteiger partial charge on any atom is -0.372 e. The van der Waals surface area contributed by atoms with Crippen molar-refractivity contribution in [3.8, 4) is 0 Å². The third kappa shape index (κ3) is 3.67. The first kappa shape index (κ1) is 13.9. The average molecular weight is 305 g/mol. The van der Waals surface area contributed by atoms with E-state index in [1.54, 1.807) is 0 Å². The summed E-state index contributed by atoms with van der Waals surface area (Å²) in [5.41, 5.74) is 2.36. The smallest absolute Gasteiger partial charge is 0.0467 e. The number of nitrogens with zero attached hydrogens (tertiary/aromatic N) is 1. The zero-order valence-electron chi connectivity index (χ0n) is 10.1. The van der Waals surface area contributed by atoms with Crippen LogP contribution in [0.4, 0.5) is 5.69 Å². The zero-order chi connectivity index (χ0) is 12.1. The number of anilines is 1. The molecule has 0 radical (unpaired) electrons. The standard InChI is InChI=1S/C13H19BrClN/c1-4-16(9-10(2)3)12-6-5-11(8-14)13(15)7-12/h5-7,10H,4,8-9H2,1-3H3. The second-order valence-corrected chi connectivity index (χ2v) is 5.31. The molecular weight excluding hydrogens is 286 g/mol. The van der Waals surface area contributed by atoms with E-state index >= 15 is 0 Å². The van der Waals surface area contributed by atoms with Crippen molar-refractivity contribution in [1.29, 1.82) is 0 Å². The van der Waals surface area contributed by atoms with Crippen molar-refractivity contribution in [3.05, 3.63) is 28.8 Å². The van der Waals surface area contributed by atoms with Gasteiger partial charge in [0.15, 0.2) is 0 Å². The van der Waals surface area contributed by atoms with E-state index in [1.165, 1.54) is 5.69 Å². The Morgan fingerprint density at radius 2 is 2.06 bits per heavy atom. The molecule has 0 heterocycles. The van der Waals surface area contributed by atoms with Gasteiger partial charge in [-0.1, -0.05) is 47.4 Å². The fraction of sp³-hybridized carbons (Fsp3) is 0.538. The van der Waals surface area contributed by atoms with Crippen LogP contribution < -0.4 is 4.90 Å². The first-order valence-corrected chi connectivity index (χ1v) is 7.17. The largest absolute Gasteiger partial charge is 0.372 e. The lowest BCUT2D eigenvalue weighted by Gasteiger charge is -2.25. The molecule has 0 saturated heterocycles. The summed E-state index contributed by atoms with van der Waals surface area (Å²) in [6.45, 7) is 8.73. The summed E-state index contributed by atoms with van der Waals surface area (Å²) in [7, 11) is 0. The molecule has 3 heteroatoms. The van der Waals surface area contributed by atoms with E-state index in [1.807, 2.05) is 0 Å². The van der Waals surface area contributed by atoms with Crippen LogP contribution in [0.2, 0.25) is 5.02 Å². The van der Waals surface area contributed by atoms with Crippen LogP contribution in [0.3, 0.4) is 0 Å². The first-order chi connectivity index (χ1) is 7.58. The molecule has 0 aliphatic carbocycles. The molecule has 1 aromatic carbocycles. The van der Waals surface area contributed by atoms with Crippen molar-refractivity contribution >= 4 is 33.2 Å². The minimum absolute atomic E-state index is 0.662. The van der Waals surface area contributed by atoms with Gasteiger partial charge in [-0.05, 0) is 30.5 Å². The topological polar surface area (TPSA) is 3.24 Å². The lowest BCUT2D eigenvalue weighted by molar-refractivity contribution is 0.619. The van der Waals surface area contributed by atoms with Gasteiger partial charge in [0.2, 0.25) is 0 Å². The Kier molecular flexibility index (Phi) is 5.63. The fourth-order valence-corrected chi connectivity index (χ4v) is 2.59. The SMILES string of the molecule is CCN(CC(C)C)c1ccc(CBr)c(Cl)c1. The lowest BCUT2D eigenvalue weighted by Crippen LogP contribution is -2.27. The number of alkyl halides is 1. The van der Waals surface area contributed by atoms with E-state index in [0.29, 0.717) is 5.92 Å². The molecule has 0 unspecified atom stereocenters. The van der Waals surface area contributed by atoms with Gasteiger partial charge in [0, 0.05) is 29.1 Å². The van der Waals surface area contributed by atoms with E-state index in [2.05, 4.69) is 59.8 Å². The molecule has 0 aliphatic heterocycles. The number of hydrogen-bond donors (Lipinski definition) is 0. The van der Waals surface area contributed by atoms with Crippen LogP contribution in [0.5, 0.6) is 0 Å². The molecule has 0 saturated carbocycles. The predicted molar refractivity (Wildman–Crippen MR) is 76.8 cm³/mol. The Labute approximate surface area is 112 Å². The maximum absolute atomic E-state index is 6.21. The fourth-order valence-electron chi connectivity index (χ4n) is 1.70. The van der Waals surface area contributed by atoms with Gasteiger partial charge in [-0.2, -0.15) is 0 Å². The van der Waals surface area contributed by atoms with Gasteiger partial charge < -0.3 is 4.90 Å². The Hall–Kier alpha value is -0.210. The third-order valence-electron chi connectivity index (χ3n) is 2.51. The monoisotopic (exact) mass is 303 g/mol. The Morgan fingerprint density at radius 1 is 1.38 bits per heavy atom. The van der Waals surface area contributed by atoms with Crippen LogP contribution in [0.15, 0.2) is 18.2 Å². The van der Waals surface area contributed by atoms with Gasteiger partial charge in [0.25, 0.3) is 0 Å². The van der Waals surface area contributed by atoms with Gasteiger partial charge in [-0.15, -0.1) is 0 Å². The van der Waals surface area contributed by atoms with Crippen molar-refractivity contribution < 1.29 is 0 Å². The summed E-state index contributed by atoms with van der Waals surface area (Å²) in [4.78, 5) is 2.36. The van der Waals surface area contributed by atoms with Gasteiger partial charge in [0.05, 0.1) is 0 Å². The number of rotatable bonds is 5. The summed E-state index contributed by atoms with van der Waals surface area (Å²) in [5, 5.41) is 1.65. The molecule has 0 N–H and O–H groups in total. The molecule has 1 aromatic rings. The molecule has 0 amide bonds. The highest BCUT2D eigenvalue weighted by atomic mass is 79.9. The first-order valence-electron chi connectivity index (χ1n) is 5.67. The lowest BCUT2D eigenvalue weighted by atomic mass is 10.1. The van der Waals surface area contributed by atoms with E-state index in [4.69, 9.17) is 11.6 Å². The van der Waals surface area contributed by atoms with Crippen LogP contribution in [0, 0.1) is 5.92 Å². The molecule has 90 valence electrons. The molecule has 1 nitrogen and oxygen atoms in total. The van der Waals surface area contributed by atoms with Crippen molar-refractivity contribution in [1.82, 2.24) is 0 Å². The van der Waals surface area contributed by atoms with E-state index < -0.39 is 0 Å². The van der Waals surface area contributed by atoms with Gasteiger partial charge in [-0.25, -0.2) is 0 Å². The molecule has 16 heavy (non-hydrogen) atoms. The van der Waals surface area contributed by atoms with Crippen molar-refractivity contribution in [3.63, 3.8) is 0 Å². The minimum atomic E-state index is 0.662. The van der Waals surface area contributed by atoms with E-state index in [0.717, 1.165) is 29.0 Å². The van der Waals surface area contributed by atoms with E-state index in [9.17, 15) is 0 Å². The molecule has 0 fully saturated rings. The number of halogens is 2. The molecule has 0 aliphatic rings. The summed E-state index contributed by atoms with van der Waals surface area (Å²) >= 11 is 9.64. The highest BCUT2D eigenvalue weighted by Gasteiger charge is 2.08. The van der Waals surface area contributed by atoms with Crippen molar-refractivity contribution in [2.24, 2.45) is 5.92 Å². The summed E-state index contributed by atoms with van der Waals surface area (Å²) in [6.07, 6.45) is 0. The van der Waals surface area contributed by atoms with Crippen molar-refractivity contribution in [2.75, 3.05) is 18.0 Å². The molecule has 0 atom stereocenters. The maximum Gasteiger partial charge on any atom is 0.0467 e. The van der Waals surface area contributed by atoms with Crippen LogP contribution >= 0.6 is 27.5 Å². The van der Waals surface area contributed by atoms with Crippen LogP contribution in [-0.2, 0) is 5.33 Å². The molecule has 0 bridgehead atoms. The maximum atomic E-state index is 6.21. The van der Waals surface area contributed by atoms with Crippen molar-refractivity contribution in [2.45, 2.75) is 26.1 Å². The molecular formula is C13H19BrClN. The average Bonchev–Trinajstić information content (AvgIpc) is 2.25. The normalized spacial score (nSPS) is 10.9. The van der Waals surface area contributed by atoms with Crippen LogP contribution in [0.25, 0.3) is 0 Å². The highest BCUT2D eigenvalue weighted by Crippen LogP contribution is 2.25. The third-order valence-corrected chi connectivity index (χ3v) is 3.47. The van der Waals surface area contributed by atoms with Crippen LogP contribution in [0.1, 0.15) is 26.3 Å². The number of benzene rings is 1. The second-order valence-electron chi connectivity index (χ2n) is 4.34. The van der Waals surface area contributed by atoms with Gasteiger partial charge in [-0.3, -0.25) is 0 Å². The quantitative estimate of drug-likeness (QED) is 0.712. The predicted octanol–water partition coefficient (Wildman–Crippen LogP) is 4.72. The summed E-state index contributed by atoms with van der Waals surface area (Å²) in [6, 6.07) is 6.30. The van der Waals surface area contributed by atoms with E-state index in [-0.39, 0.29) is 0 Å². The molecule has 1 rings (SSSR count). The Balaban J connectivity index is 2.89. The second kappa shape index (κ2) is 6.51. The van der Waals surface area contributed by atoms with Gasteiger partial charge in [0.1, 0.15) is 0 Å². The Morgan fingerprint density at radius 3 is 2.50 bits per heavy atom. The number of hydrogen-bond acceptors (Lipinski definition) is 1. The van der Waals surface area contributed by atoms with Gasteiger partial charge >= 0.3 is 0 Å². The highest BCUT2D eigenvalue weighted by molar-refractivity contribution is 9.08. The molecule has 0 aromatic heterocycles.